The number of fused-ring (bicyclic) bond motifs is 1. The summed E-state index contributed by atoms with van der Waals surface area (Å²) in [6.07, 6.45) is 0. The molecule has 0 aliphatic heterocycles. The summed E-state index contributed by atoms with van der Waals surface area (Å²) in [4.78, 5) is 12.3. The molecule has 0 saturated carbocycles. The lowest BCUT2D eigenvalue weighted by Gasteiger charge is -2.11. The zero-order chi connectivity index (χ0) is 16.0. The largest absolute Gasteiger partial charge is 0.507 e. The van der Waals surface area contributed by atoms with Crippen LogP contribution in [0.15, 0.2) is 39.5 Å². The minimum atomic E-state index is -0.441. The van der Waals surface area contributed by atoms with E-state index in [1.54, 1.807) is 25.1 Å². The van der Waals surface area contributed by atoms with Crippen molar-refractivity contribution in [2.75, 3.05) is 0 Å². The van der Waals surface area contributed by atoms with Crippen molar-refractivity contribution in [3.8, 4) is 28.6 Å². The molecule has 0 amide bonds. The fourth-order valence-corrected chi connectivity index (χ4v) is 2.49. The summed E-state index contributed by atoms with van der Waals surface area (Å²) in [6, 6.07) is 7.67. The SMILES string of the molecule is Cc1c(O)c(C)c2oc(-c3ccccc3O)cc(=O)c2c1O. The standard InChI is InChI=1S/C17H14O5/c1-8-15(20)9(2)17-14(16(8)21)12(19)7-13(22-17)10-5-3-4-6-11(10)18/h3-7,18,20-21H,1-2H3. The molecule has 22 heavy (non-hydrogen) atoms. The first-order valence-corrected chi connectivity index (χ1v) is 6.69. The Labute approximate surface area is 125 Å². The van der Waals surface area contributed by atoms with Gasteiger partial charge in [0.25, 0.3) is 0 Å². The van der Waals surface area contributed by atoms with Crippen LogP contribution < -0.4 is 5.43 Å². The fourth-order valence-electron chi connectivity index (χ4n) is 2.49. The third-order valence-electron chi connectivity index (χ3n) is 3.76. The van der Waals surface area contributed by atoms with Crippen LogP contribution in [0.25, 0.3) is 22.3 Å². The maximum absolute atomic E-state index is 12.3. The Kier molecular flexibility index (Phi) is 3.06. The smallest absolute Gasteiger partial charge is 0.197 e. The van der Waals surface area contributed by atoms with E-state index in [4.69, 9.17) is 4.42 Å². The van der Waals surface area contributed by atoms with E-state index in [1.165, 1.54) is 19.1 Å². The summed E-state index contributed by atoms with van der Waals surface area (Å²) in [5.41, 5.74) is 0.613. The average Bonchev–Trinajstić information content (AvgIpc) is 2.50. The van der Waals surface area contributed by atoms with Crippen molar-refractivity contribution in [2.45, 2.75) is 13.8 Å². The van der Waals surface area contributed by atoms with Crippen molar-refractivity contribution in [1.82, 2.24) is 0 Å². The van der Waals surface area contributed by atoms with Crippen LogP contribution in [0.5, 0.6) is 17.2 Å². The van der Waals surface area contributed by atoms with Crippen LogP contribution in [0.2, 0.25) is 0 Å². The van der Waals surface area contributed by atoms with E-state index < -0.39 is 5.43 Å². The summed E-state index contributed by atoms with van der Waals surface area (Å²) in [5, 5.41) is 30.0. The number of rotatable bonds is 1. The highest BCUT2D eigenvalue weighted by Crippen LogP contribution is 2.39. The van der Waals surface area contributed by atoms with Gasteiger partial charge in [0.2, 0.25) is 0 Å². The lowest BCUT2D eigenvalue weighted by atomic mass is 10.0. The van der Waals surface area contributed by atoms with Crippen LogP contribution in [0.3, 0.4) is 0 Å². The fraction of sp³-hybridized carbons (Fsp3) is 0.118. The van der Waals surface area contributed by atoms with Gasteiger partial charge in [0.15, 0.2) is 5.43 Å². The lowest BCUT2D eigenvalue weighted by molar-refractivity contribution is 0.442. The van der Waals surface area contributed by atoms with Gasteiger partial charge in [0, 0.05) is 17.2 Å². The molecule has 0 bridgehead atoms. The van der Waals surface area contributed by atoms with E-state index in [0.29, 0.717) is 11.1 Å². The lowest BCUT2D eigenvalue weighted by Crippen LogP contribution is -2.03. The number of para-hydroxylation sites is 1. The van der Waals surface area contributed by atoms with E-state index in [-0.39, 0.29) is 39.5 Å². The normalized spacial score (nSPS) is 11.0. The molecule has 0 radical (unpaired) electrons. The molecule has 5 nitrogen and oxygen atoms in total. The highest BCUT2D eigenvalue weighted by atomic mass is 16.3. The third-order valence-corrected chi connectivity index (χ3v) is 3.76. The van der Waals surface area contributed by atoms with Gasteiger partial charge in [-0.05, 0) is 26.0 Å². The molecule has 0 saturated heterocycles. The molecule has 3 N–H and O–H groups in total. The summed E-state index contributed by atoms with van der Waals surface area (Å²) >= 11 is 0. The minimum absolute atomic E-state index is 0.0203. The zero-order valence-corrected chi connectivity index (χ0v) is 12.0. The van der Waals surface area contributed by atoms with E-state index in [1.807, 2.05) is 0 Å². The molecule has 3 rings (SSSR count). The predicted molar refractivity (Wildman–Crippen MR) is 82.4 cm³/mol. The topological polar surface area (TPSA) is 90.9 Å². The monoisotopic (exact) mass is 298 g/mol. The van der Waals surface area contributed by atoms with Crippen molar-refractivity contribution in [3.63, 3.8) is 0 Å². The van der Waals surface area contributed by atoms with Crippen LogP contribution in [0.1, 0.15) is 11.1 Å². The number of benzene rings is 2. The Balaban J connectivity index is 2.44. The van der Waals surface area contributed by atoms with Gasteiger partial charge in [-0.25, -0.2) is 0 Å². The molecule has 0 atom stereocenters. The Hall–Kier alpha value is -2.95. The number of hydrogen-bond donors (Lipinski definition) is 3. The Morgan fingerprint density at radius 1 is 0.955 bits per heavy atom. The molecule has 3 aromatic rings. The van der Waals surface area contributed by atoms with Gasteiger partial charge in [-0.2, -0.15) is 0 Å². The van der Waals surface area contributed by atoms with Crippen molar-refractivity contribution < 1.29 is 19.7 Å². The molecule has 0 unspecified atom stereocenters. The molecule has 112 valence electrons. The highest BCUT2D eigenvalue weighted by Gasteiger charge is 2.19. The number of phenols is 3. The van der Waals surface area contributed by atoms with Crippen LogP contribution in [-0.4, -0.2) is 15.3 Å². The molecular formula is C17H14O5. The average molecular weight is 298 g/mol. The van der Waals surface area contributed by atoms with Gasteiger partial charge < -0.3 is 19.7 Å². The van der Waals surface area contributed by atoms with Gasteiger partial charge in [0.1, 0.15) is 34.0 Å². The second-order valence-corrected chi connectivity index (χ2v) is 5.14. The summed E-state index contributed by atoms with van der Waals surface area (Å²) in [5.74, 6) is -0.275. The quantitative estimate of drug-likeness (QED) is 0.642. The van der Waals surface area contributed by atoms with E-state index >= 15 is 0 Å². The number of aryl methyl sites for hydroxylation is 1. The Morgan fingerprint density at radius 3 is 2.32 bits per heavy atom. The molecule has 0 fully saturated rings. The number of aromatic hydroxyl groups is 3. The van der Waals surface area contributed by atoms with Crippen LogP contribution in [0, 0.1) is 13.8 Å². The van der Waals surface area contributed by atoms with E-state index in [2.05, 4.69) is 0 Å². The van der Waals surface area contributed by atoms with Crippen molar-refractivity contribution in [2.24, 2.45) is 0 Å². The number of hydrogen-bond acceptors (Lipinski definition) is 5. The highest BCUT2D eigenvalue weighted by molar-refractivity contribution is 5.90. The molecule has 1 heterocycles. The number of phenolic OH excluding ortho intramolecular Hbond substituents is 3. The van der Waals surface area contributed by atoms with E-state index in [0.717, 1.165) is 0 Å². The van der Waals surface area contributed by atoms with Crippen molar-refractivity contribution in [3.05, 3.63) is 51.7 Å². The molecule has 2 aromatic carbocycles. The maximum atomic E-state index is 12.3. The molecule has 5 heteroatoms. The van der Waals surface area contributed by atoms with Crippen LogP contribution >= 0.6 is 0 Å². The van der Waals surface area contributed by atoms with Crippen molar-refractivity contribution in [1.29, 1.82) is 0 Å². The molecule has 0 aliphatic carbocycles. The second kappa shape index (κ2) is 4.80. The zero-order valence-electron chi connectivity index (χ0n) is 12.0. The first-order chi connectivity index (χ1) is 10.4. The summed E-state index contributed by atoms with van der Waals surface area (Å²) in [7, 11) is 0. The van der Waals surface area contributed by atoms with Crippen LogP contribution in [0.4, 0.5) is 0 Å². The molecule has 0 spiro atoms. The minimum Gasteiger partial charge on any atom is -0.507 e. The first-order valence-electron chi connectivity index (χ1n) is 6.69. The predicted octanol–water partition coefficient (Wildman–Crippen LogP) is 3.19. The molecular weight excluding hydrogens is 284 g/mol. The second-order valence-electron chi connectivity index (χ2n) is 5.14. The van der Waals surface area contributed by atoms with Gasteiger partial charge in [-0.1, -0.05) is 12.1 Å². The van der Waals surface area contributed by atoms with Gasteiger partial charge in [-0.3, -0.25) is 4.79 Å². The van der Waals surface area contributed by atoms with Crippen molar-refractivity contribution >= 4 is 11.0 Å². The maximum Gasteiger partial charge on any atom is 0.197 e. The Bertz CT molecular complexity index is 953. The first kappa shape index (κ1) is 14.0. The molecule has 0 aliphatic rings. The molecule has 1 aromatic heterocycles. The Morgan fingerprint density at radius 2 is 1.64 bits per heavy atom. The van der Waals surface area contributed by atoms with Gasteiger partial charge in [-0.15, -0.1) is 0 Å². The van der Waals surface area contributed by atoms with Gasteiger partial charge in [0.05, 0.1) is 5.56 Å². The third kappa shape index (κ3) is 1.90. The summed E-state index contributed by atoms with van der Waals surface area (Å²) < 4.78 is 5.68. The van der Waals surface area contributed by atoms with Gasteiger partial charge >= 0.3 is 0 Å². The summed E-state index contributed by atoms with van der Waals surface area (Å²) in [6.45, 7) is 3.12. The van der Waals surface area contributed by atoms with E-state index in [9.17, 15) is 20.1 Å². The van der Waals surface area contributed by atoms with Crippen LogP contribution in [-0.2, 0) is 0 Å².